The minimum atomic E-state index is 0.334. The van der Waals surface area contributed by atoms with Gasteiger partial charge in [0.2, 0.25) is 0 Å². The van der Waals surface area contributed by atoms with Crippen LogP contribution in [0.5, 0.6) is 0 Å². The van der Waals surface area contributed by atoms with Crippen molar-refractivity contribution < 1.29 is 0 Å². The number of nitrogens with zero attached hydrogens (tertiary/aromatic N) is 3. The third-order valence-electron chi connectivity index (χ3n) is 2.56. The van der Waals surface area contributed by atoms with Crippen molar-refractivity contribution in [2.24, 2.45) is 5.73 Å². The van der Waals surface area contributed by atoms with E-state index >= 15 is 0 Å². The molecule has 14 heavy (non-hydrogen) atoms. The second kappa shape index (κ2) is 4.48. The van der Waals surface area contributed by atoms with Crippen molar-refractivity contribution in [3.63, 3.8) is 0 Å². The first-order valence-electron chi connectivity index (χ1n) is 5.09. The Labute approximate surface area is 84.1 Å². The van der Waals surface area contributed by atoms with E-state index in [1.165, 1.54) is 6.42 Å². The van der Waals surface area contributed by atoms with Gasteiger partial charge in [-0.05, 0) is 31.5 Å². The van der Waals surface area contributed by atoms with Gasteiger partial charge in [-0.3, -0.25) is 4.90 Å². The molecule has 1 unspecified atom stereocenters. The minimum Gasteiger partial charge on any atom is -0.327 e. The SMILES string of the molecule is NC1CCCN(Cc2cccnn2)C1. The standard InChI is InChI=1S/C10H16N4/c11-9-3-2-6-14(7-9)8-10-4-1-5-12-13-10/h1,4-5,9H,2-3,6-8,11H2. The second-order valence-corrected chi connectivity index (χ2v) is 3.85. The summed E-state index contributed by atoms with van der Waals surface area (Å²) in [7, 11) is 0. The van der Waals surface area contributed by atoms with Crippen LogP contribution in [0.15, 0.2) is 18.3 Å². The Morgan fingerprint density at radius 2 is 2.50 bits per heavy atom. The molecule has 1 fully saturated rings. The van der Waals surface area contributed by atoms with Gasteiger partial charge < -0.3 is 5.73 Å². The highest BCUT2D eigenvalue weighted by Crippen LogP contribution is 2.10. The molecule has 2 rings (SSSR count). The smallest absolute Gasteiger partial charge is 0.0771 e. The predicted octanol–water partition coefficient (Wildman–Crippen LogP) is 0.400. The highest BCUT2D eigenvalue weighted by molar-refractivity contribution is 4.99. The van der Waals surface area contributed by atoms with Crippen molar-refractivity contribution in [3.05, 3.63) is 24.0 Å². The summed E-state index contributed by atoms with van der Waals surface area (Å²) in [6.45, 7) is 2.99. The maximum atomic E-state index is 5.90. The normalized spacial score (nSPS) is 23.6. The van der Waals surface area contributed by atoms with Crippen LogP contribution in [-0.2, 0) is 6.54 Å². The molecule has 0 saturated carbocycles. The van der Waals surface area contributed by atoms with E-state index in [0.717, 1.165) is 31.7 Å². The maximum absolute atomic E-state index is 5.90. The second-order valence-electron chi connectivity index (χ2n) is 3.85. The molecule has 0 amide bonds. The van der Waals surface area contributed by atoms with E-state index in [1.54, 1.807) is 6.20 Å². The van der Waals surface area contributed by atoms with Gasteiger partial charge >= 0.3 is 0 Å². The van der Waals surface area contributed by atoms with Crippen molar-refractivity contribution >= 4 is 0 Å². The molecule has 1 atom stereocenters. The first-order valence-corrected chi connectivity index (χ1v) is 5.09. The molecule has 0 bridgehead atoms. The number of hydrogen-bond donors (Lipinski definition) is 1. The van der Waals surface area contributed by atoms with Gasteiger partial charge in [-0.1, -0.05) is 0 Å². The van der Waals surface area contributed by atoms with Gasteiger partial charge in [0, 0.05) is 25.3 Å². The Morgan fingerprint density at radius 1 is 1.57 bits per heavy atom. The van der Waals surface area contributed by atoms with Crippen LogP contribution in [-0.4, -0.2) is 34.2 Å². The first kappa shape index (κ1) is 9.55. The Bertz CT molecular complexity index is 275. The van der Waals surface area contributed by atoms with Crippen LogP contribution in [0.3, 0.4) is 0 Å². The van der Waals surface area contributed by atoms with E-state index in [0.29, 0.717) is 6.04 Å². The molecule has 1 aromatic heterocycles. The summed E-state index contributed by atoms with van der Waals surface area (Å²) in [6.07, 6.45) is 4.05. The lowest BCUT2D eigenvalue weighted by Gasteiger charge is -2.30. The van der Waals surface area contributed by atoms with Crippen molar-refractivity contribution in [1.82, 2.24) is 15.1 Å². The van der Waals surface area contributed by atoms with E-state index in [2.05, 4.69) is 15.1 Å². The Balaban J connectivity index is 1.91. The lowest BCUT2D eigenvalue weighted by molar-refractivity contribution is 0.199. The molecule has 4 nitrogen and oxygen atoms in total. The van der Waals surface area contributed by atoms with Gasteiger partial charge in [-0.15, -0.1) is 0 Å². The zero-order valence-electron chi connectivity index (χ0n) is 8.26. The van der Waals surface area contributed by atoms with Gasteiger partial charge in [0.25, 0.3) is 0 Å². The Kier molecular flexibility index (Phi) is 3.06. The van der Waals surface area contributed by atoms with Crippen molar-refractivity contribution in [3.8, 4) is 0 Å². The fraction of sp³-hybridized carbons (Fsp3) is 0.600. The van der Waals surface area contributed by atoms with Crippen LogP contribution in [0.2, 0.25) is 0 Å². The van der Waals surface area contributed by atoms with Crippen LogP contribution in [0, 0.1) is 0 Å². The first-order chi connectivity index (χ1) is 6.84. The minimum absolute atomic E-state index is 0.334. The highest BCUT2D eigenvalue weighted by atomic mass is 15.2. The van der Waals surface area contributed by atoms with Crippen LogP contribution < -0.4 is 5.73 Å². The molecule has 0 aliphatic carbocycles. The molecule has 1 aromatic rings. The van der Waals surface area contributed by atoms with Crippen molar-refractivity contribution in [2.75, 3.05) is 13.1 Å². The number of piperidine rings is 1. The average Bonchev–Trinajstić information content (AvgIpc) is 2.19. The largest absolute Gasteiger partial charge is 0.327 e. The number of aromatic nitrogens is 2. The molecule has 1 saturated heterocycles. The fourth-order valence-corrected chi connectivity index (χ4v) is 1.88. The monoisotopic (exact) mass is 192 g/mol. The molecule has 2 N–H and O–H groups in total. The van der Waals surface area contributed by atoms with Crippen LogP contribution in [0.1, 0.15) is 18.5 Å². The summed E-state index contributed by atoms with van der Waals surface area (Å²) >= 11 is 0. The Morgan fingerprint density at radius 3 is 3.21 bits per heavy atom. The lowest BCUT2D eigenvalue weighted by atomic mass is 10.1. The lowest BCUT2D eigenvalue weighted by Crippen LogP contribution is -2.42. The summed E-state index contributed by atoms with van der Waals surface area (Å²) in [5.74, 6) is 0. The summed E-state index contributed by atoms with van der Waals surface area (Å²) in [4.78, 5) is 2.35. The zero-order valence-corrected chi connectivity index (χ0v) is 8.26. The van der Waals surface area contributed by atoms with E-state index in [9.17, 15) is 0 Å². The zero-order chi connectivity index (χ0) is 9.80. The van der Waals surface area contributed by atoms with Crippen molar-refractivity contribution in [2.45, 2.75) is 25.4 Å². The van der Waals surface area contributed by atoms with E-state index in [1.807, 2.05) is 12.1 Å². The molecule has 0 aromatic carbocycles. The molecule has 76 valence electrons. The van der Waals surface area contributed by atoms with Gasteiger partial charge in [0.15, 0.2) is 0 Å². The predicted molar refractivity (Wildman–Crippen MR) is 54.5 cm³/mol. The van der Waals surface area contributed by atoms with E-state index in [-0.39, 0.29) is 0 Å². The number of rotatable bonds is 2. The summed E-state index contributed by atoms with van der Waals surface area (Å²) < 4.78 is 0. The summed E-state index contributed by atoms with van der Waals surface area (Å²) in [6, 6.07) is 4.26. The molecule has 0 radical (unpaired) electrons. The van der Waals surface area contributed by atoms with Crippen LogP contribution in [0.4, 0.5) is 0 Å². The van der Waals surface area contributed by atoms with Crippen LogP contribution >= 0.6 is 0 Å². The molecular formula is C10H16N4. The van der Waals surface area contributed by atoms with Gasteiger partial charge in [-0.2, -0.15) is 10.2 Å². The third-order valence-corrected chi connectivity index (χ3v) is 2.56. The van der Waals surface area contributed by atoms with Gasteiger partial charge in [0.05, 0.1) is 5.69 Å². The van der Waals surface area contributed by atoms with Gasteiger partial charge in [-0.25, -0.2) is 0 Å². The third kappa shape index (κ3) is 2.49. The summed E-state index contributed by atoms with van der Waals surface area (Å²) in [5, 5.41) is 7.93. The number of hydrogen-bond acceptors (Lipinski definition) is 4. The topological polar surface area (TPSA) is 55.0 Å². The van der Waals surface area contributed by atoms with Crippen LogP contribution in [0.25, 0.3) is 0 Å². The van der Waals surface area contributed by atoms with Gasteiger partial charge in [0.1, 0.15) is 0 Å². The van der Waals surface area contributed by atoms with Crippen molar-refractivity contribution in [1.29, 1.82) is 0 Å². The molecule has 0 spiro atoms. The fourth-order valence-electron chi connectivity index (χ4n) is 1.88. The summed E-state index contributed by atoms with van der Waals surface area (Å²) in [5.41, 5.74) is 6.93. The Hall–Kier alpha value is -1.00. The number of nitrogens with two attached hydrogens (primary N) is 1. The molecule has 1 aliphatic rings. The molecule has 1 aliphatic heterocycles. The maximum Gasteiger partial charge on any atom is 0.0771 e. The van der Waals surface area contributed by atoms with E-state index < -0.39 is 0 Å². The molecule has 2 heterocycles. The molecule has 4 heteroatoms. The highest BCUT2D eigenvalue weighted by Gasteiger charge is 2.16. The van der Waals surface area contributed by atoms with E-state index in [4.69, 9.17) is 5.73 Å². The molecular weight excluding hydrogens is 176 g/mol. The average molecular weight is 192 g/mol. The number of likely N-dealkylation sites (tertiary alicyclic amines) is 1. The quantitative estimate of drug-likeness (QED) is 0.737.